The highest BCUT2D eigenvalue weighted by Crippen LogP contribution is 2.21. The normalized spacial score (nSPS) is 15.3. The van der Waals surface area contributed by atoms with E-state index in [4.69, 9.17) is 5.73 Å². The second-order valence-corrected chi connectivity index (χ2v) is 11.7. The number of piperidine rings is 1. The van der Waals surface area contributed by atoms with Crippen molar-refractivity contribution in [3.63, 3.8) is 0 Å². The number of aliphatic carboxylic acids is 1. The number of carboxylic acids is 1. The van der Waals surface area contributed by atoms with E-state index in [0.29, 0.717) is 24.5 Å². The van der Waals surface area contributed by atoms with Gasteiger partial charge in [-0.15, -0.1) is 0 Å². The molecule has 1 aliphatic rings. The number of rotatable bonds is 11. The third kappa shape index (κ3) is 7.76. The second-order valence-electron chi connectivity index (χ2n) is 9.92. The number of likely N-dealkylation sites (tertiary alicyclic amines) is 1. The lowest BCUT2D eigenvalue weighted by atomic mass is 10.00. The minimum Gasteiger partial charge on any atom is -0.481 e. The number of pyridine rings is 1. The summed E-state index contributed by atoms with van der Waals surface area (Å²) in [6.07, 6.45) is 3.61. The lowest BCUT2D eigenvalue weighted by molar-refractivity contribution is -0.140. The lowest BCUT2D eigenvalue weighted by Gasteiger charge is -2.31. The minimum atomic E-state index is -4.08. The summed E-state index contributed by atoms with van der Waals surface area (Å²) < 4.78 is 27.9. The van der Waals surface area contributed by atoms with E-state index in [1.165, 1.54) is 0 Å². The van der Waals surface area contributed by atoms with Crippen molar-refractivity contribution in [1.82, 2.24) is 19.9 Å². The highest BCUT2D eigenvalue weighted by atomic mass is 32.2. The molecule has 3 aromatic rings. The summed E-state index contributed by atoms with van der Waals surface area (Å²) in [5.74, 6) is -2.60. The Morgan fingerprint density at radius 3 is 2.40 bits per heavy atom. The first-order chi connectivity index (χ1) is 19.1. The molecule has 1 saturated heterocycles. The van der Waals surface area contributed by atoms with Crippen LogP contribution in [0.3, 0.4) is 0 Å². The highest BCUT2D eigenvalue weighted by Gasteiger charge is 2.32. The number of hydrogen-bond acceptors (Lipinski definition) is 7. The first kappa shape index (κ1) is 29.0. The molecular formula is C28H33N5O6S. The monoisotopic (exact) mass is 567 g/mol. The molecule has 0 saturated carbocycles. The van der Waals surface area contributed by atoms with Crippen molar-refractivity contribution in [1.29, 1.82) is 0 Å². The van der Waals surface area contributed by atoms with Gasteiger partial charge in [-0.3, -0.25) is 14.4 Å². The van der Waals surface area contributed by atoms with E-state index in [2.05, 4.69) is 15.0 Å². The number of fused-ring (bicyclic) bond motifs is 1. The number of anilines is 1. The smallest absolute Gasteiger partial charge is 0.305 e. The molecule has 0 aliphatic carbocycles. The molecule has 5 N–H and O–H groups in total. The van der Waals surface area contributed by atoms with Crippen LogP contribution in [0, 0.1) is 0 Å². The molecule has 12 heteroatoms. The van der Waals surface area contributed by atoms with Crippen LogP contribution in [-0.4, -0.2) is 66.4 Å². The Hall–Kier alpha value is -4.03. The zero-order valence-corrected chi connectivity index (χ0v) is 22.8. The van der Waals surface area contributed by atoms with Gasteiger partial charge in [0.1, 0.15) is 17.9 Å². The summed E-state index contributed by atoms with van der Waals surface area (Å²) in [5.41, 5.74) is 7.18. The Kier molecular flexibility index (Phi) is 9.33. The van der Waals surface area contributed by atoms with Crippen molar-refractivity contribution in [2.45, 2.75) is 49.9 Å². The maximum Gasteiger partial charge on any atom is 0.305 e. The summed E-state index contributed by atoms with van der Waals surface area (Å²) in [7, 11) is -4.08. The van der Waals surface area contributed by atoms with E-state index < -0.39 is 46.2 Å². The number of nitrogens with zero attached hydrogens (tertiary/aromatic N) is 2. The van der Waals surface area contributed by atoms with E-state index in [1.807, 2.05) is 6.07 Å². The molecule has 1 fully saturated rings. The summed E-state index contributed by atoms with van der Waals surface area (Å²) in [5, 5.41) is 13.6. The number of benzene rings is 2. The van der Waals surface area contributed by atoms with Crippen molar-refractivity contribution in [2.75, 3.05) is 18.8 Å². The molecule has 2 atom stereocenters. The van der Waals surface area contributed by atoms with Crippen LogP contribution in [0.2, 0.25) is 0 Å². The van der Waals surface area contributed by atoms with Gasteiger partial charge in [0.15, 0.2) is 0 Å². The molecule has 1 unspecified atom stereocenters. The number of aromatic nitrogens is 1. The topological polar surface area (TPSA) is 172 Å². The van der Waals surface area contributed by atoms with Crippen molar-refractivity contribution in [3.05, 3.63) is 71.9 Å². The van der Waals surface area contributed by atoms with E-state index in [9.17, 15) is 27.9 Å². The number of carbonyl (C=O) groups is 3. The predicted octanol–water partition coefficient (Wildman–Crippen LogP) is 1.82. The van der Waals surface area contributed by atoms with Gasteiger partial charge in [-0.1, -0.05) is 48.5 Å². The summed E-state index contributed by atoms with van der Waals surface area (Å²) in [6, 6.07) is 12.9. The molecule has 1 aliphatic heterocycles. The first-order valence-corrected chi connectivity index (χ1v) is 14.7. The highest BCUT2D eigenvalue weighted by molar-refractivity contribution is 7.88. The molecule has 11 nitrogen and oxygen atoms in total. The zero-order chi connectivity index (χ0) is 28.7. The number of carboxylic acid groups (broad SMARTS) is 1. The summed E-state index contributed by atoms with van der Waals surface area (Å²) in [4.78, 5) is 44.2. The van der Waals surface area contributed by atoms with Crippen LogP contribution >= 0.6 is 0 Å². The van der Waals surface area contributed by atoms with E-state index in [1.54, 1.807) is 59.6 Å². The Morgan fingerprint density at radius 2 is 1.70 bits per heavy atom. The summed E-state index contributed by atoms with van der Waals surface area (Å²) >= 11 is 0. The van der Waals surface area contributed by atoms with Crippen LogP contribution in [0.4, 0.5) is 5.82 Å². The maximum atomic E-state index is 13.6. The van der Waals surface area contributed by atoms with Crippen LogP contribution in [-0.2, 0) is 36.6 Å². The molecule has 40 heavy (non-hydrogen) atoms. The van der Waals surface area contributed by atoms with Gasteiger partial charge in [-0.05, 0) is 41.8 Å². The number of sulfonamides is 1. The molecule has 2 amide bonds. The van der Waals surface area contributed by atoms with Crippen LogP contribution in [0.5, 0.6) is 0 Å². The van der Waals surface area contributed by atoms with Crippen molar-refractivity contribution in [2.24, 2.45) is 0 Å². The van der Waals surface area contributed by atoms with Crippen LogP contribution < -0.4 is 15.8 Å². The van der Waals surface area contributed by atoms with Gasteiger partial charge >= 0.3 is 5.97 Å². The molecule has 2 heterocycles. The quantitative estimate of drug-likeness (QED) is 0.272. The molecule has 1 aromatic heterocycles. The van der Waals surface area contributed by atoms with Gasteiger partial charge in [-0.2, -0.15) is 0 Å². The van der Waals surface area contributed by atoms with E-state index >= 15 is 0 Å². The van der Waals surface area contributed by atoms with E-state index in [-0.39, 0.29) is 12.3 Å². The van der Waals surface area contributed by atoms with E-state index in [0.717, 1.165) is 35.6 Å². The Labute approximate surface area is 232 Å². The third-order valence-electron chi connectivity index (χ3n) is 6.80. The van der Waals surface area contributed by atoms with Crippen molar-refractivity contribution < 1.29 is 27.9 Å². The van der Waals surface area contributed by atoms with Gasteiger partial charge in [0.2, 0.25) is 21.8 Å². The number of nitrogens with one attached hydrogen (secondary N) is 2. The van der Waals surface area contributed by atoms with Crippen LogP contribution in [0.25, 0.3) is 10.8 Å². The standard InChI is InChI=1S/C28H33N5O6S/c29-26-22-10-9-20(15-21(22)11-12-30-26)16-24(28(37)33-13-5-2-6-14-33)31-27(36)23(17-25(34)35)32-40(38,39)18-19-7-3-1-4-8-19/h1,3-4,7-12,15,23-24,32H,2,5-6,13-14,16-18H2,(H2,29,30)(H,31,36)(H,34,35)/t23-,24?/m0/s1. The minimum absolute atomic E-state index is 0.121. The fourth-order valence-corrected chi connectivity index (χ4v) is 6.17. The fraction of sp³-hybridized carbons (Fsp3) is 0.357. The Bertz CT molecular complexity index is 1480. The average molecular weight is 568 g/mol. The number of amides is 2. The molecule has 0 bridgehead atoms. The largest absolute Gasteiger partial charge is 0.481 e. The van der Waals surface area contributed by atoms with Gasteiger partial charge in [0.05, 0.1) is 12.2 Å². The number of nitrogen functional groups attached to an aromatic ring is 1. The van der Waals surface area contributed by atoms with Crippen molar-refractivity contribution in [3.8, 4) is 0 Å². The Morgan fingerprint density at radius 1 is 0.975 bits per heavy atom. The van der Waals surface area contributed by atoms with Gasteiger partial charge in [0.25, 0.3) is 0 Å². The zero-order valence-electron chi connectivity index (χ0n) is 22.0. The lowest BCUT2D eigenvalue weighted by Crippen LogP contribution is -2.56. The number of nitrogens with two attached hydrogens (primary N) is 1. The van der Waals surface area contributed by atoms with Gasteiger partial charge in [-0.25, -0.2) is 18.1 Å². The average Bonchev–Trinajstić information content (AvgIpc) is 2.92. The van der Waals surface area contributed by atoms with Crippen LogP contribution in [0.15, 0.2) is 60.8 Å². The SMILES string of the molecule is Nc1nccc2cc(CC(NC(=O)[C@H](CC(=O)O)NS(=O)(=O)Cc3ccccc3)C(=O)N3CCCCC3)ccc12. The fourth-order valence-electron chi connectivity index (χ4n) is 4.84. The molecule has 4 rings (SSSR count). The van der Waals surface area contributed by atoms with Crippen LogP contribution in [0.1, 0.15) is 36.8 Å². The molecular weight excluding hydrogens is 534 g/mol. The maximum absolute atomic E-state index is 13.6. The molecule has 0 radical (unpaired) electrons. The van der Waals surface area contributed by atoms with Gasteiger partial charge < -0.3 is 21.1 Å². The molecule has 2 aromatic carbocycles. The predicted molar refractivity (Wildman–Crippen MR) is 150 cm³/mol. The van der Waals surface area contributed by atoms with Gasteiger partial charge in [0, 0.05) is 31.1 Å². The molecule has 0 spiro atoms. The summed E-state index contributed by atoms with van der Waals surface area (Å²) in [6.45, 7) is 1.10. The number of hydrogen-bond donors (Lipinski definition) is 4. The molecule has 212 valence electrons. The van der Waals surface area contributed by atoms with Crippen molar-refractivity contribution >= 4 is 44.4 Å². The number of carbonyl (C=O) groups excluding carboxylic acids is 2. The first-order valence-electron chi connectivity index (χ1n) is 13.1. The third-order valence-corrected chi connectivity index (χ3v) is 8.16. The second kappa shape index (κ2) is 12.9. The Balaban J connectivity index is 1.57.